The van der Waals surface area contributed by atoms with Crippen LogP contribution in [-0.2, 0) is 9.53 Å². The van der Waals surface area contributed by atoms with E-state index in [0.717, 1.165) is 18.7 Å². The largest absolute Gasteiger partial charge is 0.363 e. The molecule has 0 aromatic heterocycles. The highest BCUT2D eigenvalue weighted by Gasteiger charge is 2.33. The van der Waals surface area contributed by atoms with Crippen LogP contribution in [0.3, 0.4) is 0 Å². The molecule has 1 fully saturated rings. The summed E-state index contributed by atoms with van der Waals surface area (Å²) in [6, 6.07) is 5.18. The first-order valence-electron chi connectivity index (χ1n) is 6.49. The summed E-state index contributed by atoms with van der Waals surface area (Å²) < 4.78 is 5.59. The lowest BCUT2D eigenvalue weighted by atomic mass is 10.0. The molecule has 0 radical (unpaired) electrons. The number of nitrogens with one attached hydrogen (secondary N) is 2. The van der Waals surface area contributed by atoms with E-state index in [1.807, 2.05) is 19.9 Å². The van der Waals surface area contributed by atoms with E-state index < -0.39 is 0 Å². The summed E-state index contributed by atoms with van der Waals surface area (Å²) in [7, 11) is 0. The third kappa shape index (κ3) is 3.85. The lowest BCUT2D eigenvalue weighted by Gasteiger charge is -2.38. The molecular weight excluding hydrogens is 299 g/mol. The third-order valence-corrected chi connectivity index (χ3v) is 4.11. The number of benzene rings is 1. The van der Waals surface area contributed by atoms with Gasteiger partial charge in [-0.05, 0) is 31.5 Å². The molecule has 1 heterocycles. The van der Waals surface area contributed by atoms with Crippen molar-refractivity contribution in [2.75, 3.05) is 19.7 Å². The Morgan fingerprint density at radius 2 is 2.15 bits per heavy atom. The van der Waals surface area contributed by atoms with E-state index in [0.29, 0.717) is 10.0 Å². The SMILES string of the molecule is CC(NC(=O)COC1(C)CNC1)c1ccc(Cl)c(Cl)c1. The summed E-state index contributed by atoms with van der Waals surface area (Å²) in [4.78, 5) is 11.8. The average Bonchev–Trinajstić information content (AvgIpc) is 2.37. The first kappa shape index (κ1) is 15.6. The van der Waals surface area contributed by atoms with Crippen molar-refractivity contribution in [2.45, 2.75) is 25.5 Å². The van der Waals surface area contributed by atoms with Crippen molar-refractivity contribution in [3.63, 3.8) is 0 Å². The molecule has 1 saturated heterocycles. The number of carbonyl (C=O) groups excluding carboxylic acids is 1. The van der Waals surface area contributed by atoms with Gasteiger partial charge in [0.25, 0.3) is 0 Å². The molecule has 1 atom stereocenters. The van der Waals surface area contributed by atoms with Crippen molar-refractivity contribution < 1.29 is 9.53 Å². The lowest BCUT2D eigenvalue weighted by Crippen LogP contribution is -2.59. The van der Waals surface area contributed by atoms with Crippen LogP contribution in [0.25, 0.3) is 0 Å². The Hall–Kier alpha value is -0.810. The molecule has 1 aromatic rings. The Balaban J connectivity index is 1.85. The minimum Gasteiger partial charge on any atom is -0.363 e. The fourth-order valence-corrected chi connectivity index (χ4v) is 2.27. The Bertz CT molecular complexity index is 504. The first-order valence-corrected chi connectivity index (χ1v) is 7.24. The maximum absolute atomic E-state index is 11.8. The lowest BCUT2D eigenvalue weighted by molar-refractivity contribution is -0.136. The van der Waals surface area contributed by atoms with Crippen molar-refractivity contribution in [1.82, 2.24) is 10.6 Å². The van der Waals surface area contributed by atoms with Crippen LogP contribution >= 0.6 is 23.2 Å². The molecule has 0 spiro atoms. The highest BCUT2D eigenvalue weighted by molar-refractivity contribution is 6.42. The average molecular weight is 317 g/mol. The fraction of sp³-hybridized carbons (Fsp3) is 0.500. The predicted molar refractivity (Wildman–Crippen MR) is 80.2 cm³/mol. The summed E-state index contributed by atoms with van der Waals surface area (Å²) in [5.74, 6) is -0.142. The van der Waals surface area contributed by atoms with Gasteiger partial charge in [-0.3, -0.25) is 4.79 Å². The van der Waals surface area contributed by atoms with Crippen molar-refractivity contribution in [1.29, 1.82) is 0 Å². The van der Waals surface area contributed by atoms with Crippen LogP contribution in [0, 0.1) is 0 Å². The number of hydrogen-bond donors (Lipinski definition) is 2. The van der Waals surface area contributed by atoms with Gasteiger partial charge in [0.1, 0.15) is 6.61 Å². The van der Waals surface area contributed by atoms with Crippen LogP contribution in [0.2, 0.25) is 10.0 Å². The van der Waals surface area contributed by atoms with Crippen molar-refractivity contribution in [3.05, 3.63) is 33.8 Å². The van der Waals surface area contributed by atoms with Gasteiger partial charge in [0.2, 0.25) is 5.91 Å². The summed E-state index contributed by atoms with van der Waals surface area (Å²) in [6.07, 6.45) is 0. The Labute approximate surface area is 128 Å². The Morgan fingerprint density at radius 1 is 1.45 bits per heavy atom. The fourth-order valence-electron chi connectivity index (χ4n) is 1.97. The monoisotopic (exact) mass is 316 g/mol. The number of amides is 1. The highest BCUT2D eigenvalue weighted by atomic mass is 35.5. The Kier molecular flexibility index (Phi) is 4.91. The van der Waals surface area contributed by atoms with Gasteiger partial charge in [0, 0.05) is 13.1 Å². The van der Waals surface area contributed by atoms with Crippen LogP contribution in [0.15, 0.2) is 18.2 Å². The second-order valence-corrected chi connectivity index (χ2v) is 6.12. The second-order valence-electron chi connectivity index (χ2n) is 5.30. The topological polar surface area (TPSA) is 50.4 Å². The number of ether oxygens (including phenoxy) is 1. The maximum atomic E-state index is 11.8. The van der Waals surface area contributed by atoms with E-state index in [1.54, 1.807) is 12.1 Å². The number of halogens is 2. The van der Waals surface area contributed by atoms with E-state index in [4.69, 9.17) is 27.9 Å². The molecule has 110 valence electrons. The molecule has 2 N–H and O–H groups in total. The van der Waals surface area contributed by atoms with Crippen molar-refractivity contribution in [2.24, 2.45) is 0 Å². The molecule has 0 aliphatic carbocycles. The number of carbonyl (C=O) groups is 1. The van der Waals surface area contributed by atoms with Crippen LogP contribution in [0.4, 0.5) is 0 Å². The highest BCUT2D eigenvalue weighted by Crippen LogP contribution is 2.25. The molecule has 0 bridgehead atoms. The molecule has 1 aliphatic rings. The van der Waals surface area contributed by atoms with Gasteiger partial charge in [-0.1, -0.05) is 29.3 Å². The molecule has 4 nitrogen and oxygen atoms in total. The van der Waals surface area contributed by atoms with Crippen molar-refractivity contribution in [3.8, 4) is 0 Å². The van der Waals surface area contributed by atoms with Crippen molar-refractivity contribution >= 4 is 29.1 Å². The molecule has 1 aliphatic heterocycles. The normalized spacial score (nSPS) is 18.2. The summed E-state index contributed by atoms with van der Waals surface area (Å²) in [5, 5.41) is 6.98. The number of rotatable bonds is 5. The molecule has 0 saturated carbocycles. The van der Waals surface area contributed by atoms with Gasteiger partial charge >= 0.3 is 0 Å². The molecule has 6 heteroatoms. The van der Waals surface area contributed by atoms with E-state index in [9.17, 15) is 4.79 Å². The maximum Gasteiger partial charge on any atom is 0.246 e. The predicted octanol–water partition coefficient (Wildman–Crippen LogP) is 2.55. The van der Waals surface area contributed by atoms with Gasteiger partial charge in [-0.25, -0.2) is 0 Å². The Morgan fingerprint density at radius 3 is 2.70 bits per heavy atom. The van der Waals surface area contributed by atoms with Gasteiger partial charge in [0.15, 0.2) is 0 Å². The zero-order valence-corrected chi connectivity index (χ0v) is 13.0. The van der Waals surface area contributed by atoms with Crippen LogP contribution in [0.1, 0.15) is 25.5 Å². The smallest absolute Gasteiger partial charge is 0.246 e. The molecule has 1 unspecified atom stereocenters. The summed E-state index contributed by atoms with van der Waals surface area (Å²) in [5.41, 5.74) is 0.689. The molecular formula is C14H18Cl2N2O2. The van der Waals surface area contributed by atoms with E-state index in [1.165, 1.54) is 0 Å². The van der Waals surface area contributed by atoms with Gasteiger partial charge < -0.3 is 15.4 Å². The first-order chi connectivity index (χ1) is 9.39. The quantitative estimate of drug-likeness (QED) is 0.877. The molecule has 20 heavy (non-hydrogen) atoms. The van der Waals surface area contributed by atoms with E-state index in [2.05, 4.69) is 10.6 Å². The van der Waals surface area contributed by atoms with Crippen LogP contribution < -0.4 is 10.6 Å². The minimum atomic E-state index is -0.218. The third-order valence-electron chi connectivity index (χ3n) is 3.37. The minimum absolute atomic E-state index is 0.0594. The van der Waals surface area contributed by atoms with Crippen LogP contribution in [-0.4, -0.2) is 31.2 Å². The molecule has 1 amide bonds. The van der Waals surface area contributed by atoms with E-state index >= 15 is 0 Å². The van der Waals surface area contributed by atoms with E-state index in [-0.39, 0.29) is 24.2 Å². The summed E-state index contributed by atoms with van der Waals surface area (Å²) >= 11 is 11.8. The summed E-state index contributed by atoms with van der Waals surface area (Å²) in [6.45, 7) is 5.50. The zero-order chi connectivity index (χ0) is 14.8. The molecule has 2 rings (SSSR count). The van der Waals surface area contributed by atoms with Crippen LogP contribution in [0.5, 0.6) is 0 Å². The van der Waals surface area contributed by atoms with Gasteiger partial charge in [0.05, 0.1) is 21.7 Å². The number of hydrogen-bond acceptors (Lipinski definition) is 3. The molecule has 1 aromatic carbocycles. The zero-order valence-electron chi connectivity index (χ0n) is 11.5. The second kappa shape index (κ2) is 6.31. The standard InChI is InChI=1S/C14H18Cl2N2O2/c1-9(10-3-4-11(15)12(16)5-10)18-13(19)6-20-14(2)7-17-8-14/h3-5,9,17H,6-8H2,1-2H3,(H,18,19). The van der Waals surface area contributed by atoms with Gasteiger partial charge in [-0.2, -0.15) is 0 Å². The van der Waals surface area contributed by atoms with Gasteiger partial charge in [-0.15, -0.1) is 0 Å².